The van der Waals surface area contributed by atoms with E-state index in [4.69, 9.17) is 10.5 Å². The van der Waals surface area contributed by atoms with Gasteiger partial charge < -0.3 is 10.5 Å². The van der Waals surface area contributed by atoms with Gasteiger partial charge in [0, 0.05) is 5.92 Å². The first-order chi connectivity index (χ1) is 8.70. The summed E-state index contributed by atoms with van der Waals surface area (Å²) < 4.78 is 7.11. The molecule has 0 atom stereocenters. The number of hydrogen-bond donors (Lipinski definition) is 1. The summed E-state index contributed by atoms with van der Waals surface area (Å²) in [6.45, 7) is 2.01. The molecule has 0 amide bonds. The number of ether oxygens (including phenoxy) is 1. The first kappa shape index (κ1) is 11.1. The summed E-state index contributed by atoms with van der Waals surface area (Å²) in [5, 5.41) is 8.13. The Morgan fingerprint density at radius 1 is 1.39 bits per heavy atom. The zero-order chi connectivity index (χ0) is 12.7. The molecule has 0 aliphatic heterocycles. The van der Waals surface area contributed by atoms with Crippen LogP contribution < -0.4 is 10.5 Å². The smallest absolute Gasteiger partial charge is 0.169 e. The van der Waals surface area contributed by atoms with Crippen molar-refractivity contribution >= 4 is 5.82 Å². The van der Waals surface area contributed by atoms with Gasteiger partial charge in [-0.2, -0.15) is 0 Å². The quantitative estimate of drug-likeness (QED) is 0.897. The van der Waals surface area contributed by atoms with Gasteiger partial charge in [0.2, 0.25) is 0 Å². The summed E-state index contributed by atoms with van der Waals surface area (Å²) in [4.78, 5) is 0. The van der Waals surface area contributed by atoms with E-state index in [-0.39, 0.29) is 0 Å². The molecule has 0 bridgehead atoms. The molecule has 1 aliphatic carbocycles. The third-order valence-corrected chi connectivity index (χ3v) is 3.32. The molecular formula is C13H16N4O. The molecule has 2 aromatic rings. The van der Waals surface area contributed by atoms with Gasteiger partial charge in [-0.25, -0.2) is 4.68 Å². The molecule has 5 nitrogen and oxygen atoms in total. The summed E-state index contributed by atoms with van der Waals surface area (Å²) in [7, 11) is 1.67. The standard InChI is InChI=1S/C13H16N4O/c1-8-7-10(5-6-11(8)18-2)17-12(9-3-4-9)13(14)15-16-17/h5-7,9H,3-4,14H2,1-2H3. The van der Waals surface area contributed by atoms with Crippen molar-refractivity contribution in [2.75, 3.05) is 12.8 Å². The second-order valence-electron chi connectivity index (χ2n) is 4.70. The van der Waals surface area contributed by atoms with E-state index in [2.05, 4.69) is 10.3 Å². The molecule has 3 rings (SSSR count). The molecule has 1 aliphatic rings. The Kier molecular flexibility index (Phi) is 2.47. The minimum atomic E-state index is 0.516. The zero-order valence-corrected chi connectivity index (χ0v) is 10.6. The highest BCUT2D eigenvalue weighted by Crippen LogP contribution is 2.42. The Labute approximate surface area is 106 Å². The molecule has 0 unspecified atom stereocenters. The highest BCUT2D eigenvalue weighted by Gasteiger charge is 2.31. The Morgan fingerprint density at radius 2 is 2.17 bits per heavy atom. The van der Waals surface area contributed by atoms with E-state index in [1.807, 2.05) is 29.8 Å². The second kappa shape index (κ2) is 4.01. The van der Waals surface area contributed by atoms with Crippen molar-refractivity contribution in [2.24, 2.45) is 0 Å². The molecule has 1 fully saturated rings. The van der Waals surface area contributed by atoms with Gasteiger partial charge in [-0.1, -0.05) is 5.21 Å². The minimum Gasteiger partial charge on any atom is -0.496 e. The van der Waals surface area contributed by atoms with Crippen LogP contribution in [0.3, 0.4) is 0 Å². The highest BCUT2D eigenvalue weighted by atomic mass is 16.5. The lowest BCUT2D eigenvalue weighted by atomic mass is 10.2. The maximum atomic E-state index is 5.89. The van der Waals surface area contributed by atoms with Gasteiger partial charge in [0.05, 0.1) is 18.5 Å². The third kappa shape index (κ3) is 1.72. The topological polar surface area (TPSA) is 66.0 Å². The number of aryl methyl sites for hydroxylation is 1. The molecule has 5 heteroatoms. The fourth-order valence-corrected chi connectivity index (χ4v) is 2.22. The van der Waals surface area contributed by atoms with Crippen molar-refractivity contribution in [3.8, 4) is 11.4 Å². The van der Waals surface area contributed by atoms with E-state index in [9.17, 15) is 0 Å². The number of aromatic nitrogens is 3. The fraction of sp³-hybridized carbons (Fsp3) is 0.385. The molecular weight excluding hydrogens is 228 g/mol. The van der Waals surface area contributed by atoms with E-state index >= 15 is 0 Å². The van der Waals surface area contributed by atoms with Gasteiger partial charge in [0.15, 0.2) is 5.82 Å². The van der Waals surface area contributed by atoms with Crippen molar-refractivity contribution in [2.45, 2.75) is 25.7 Å². The third-order valence-electron chi connectivity index (χ3n) is 3.32. The SMILES string of the molecule is COc1ccc(-n2nnc(N)c2C2CC2)cc1C. The largest absolute Gasteiger partial charge is 0.496 e. The maximum Gasteiger partial charge on any atom is 0.169 e. The van der Waals surface area contributed by atoms with Gasteiger partial charge in [-0.15, -0.1) is 5.10 Å². The molecule has 1 saturated carbocycles. The van der Waals surface area contributed by atoms with Crippen LogP contribution in [0.5, 0.6) is 5.75 Å². The molecule has 18 heavy (non-hydrogen) atoms. The van der Waals surface area contributed by atoms with E-state index in [1.165, 1.54) is 12.8 Å². The Morgan fingerprint density at radius 3 is 2.78 bits per heavy atom. The molecule has 0 radical (unpaired) electrons. The van der Waals surface area contributed by atoms with E-state index in [0.29, 0.717) is 11.7 Å². The number of nitrogen functional groups attached to an aromatic ring is 1. The fourth-order valence-electron chi connectivity index (χ4n) is 2.22. The molecule has 1 aromatic carbocycles. The Balaban J connectivity index is 2.07. The van der Waals surface area contributed by atoms with Crippen molar-refractivity contribution in [3.63, 3.8) is 0 Å². The Hall–Kier alpha value is -2.04. The first-order valence-electron chi connectivity index (χ1n) is 6.07. The lowest BCUT2D eigenvalue weighted by molar-refractivity contribution is 0.411. The van der Waals surface area contributed by atoms with E-state index < -0.39 is 0 Å². The van der Waals surface area contributed by atoms with E-state index in [0.717, 1.165) is 22.7 Å². The van der Waals surface area contributed by atoms with Crippen molar-refractivity contribution in [1.82, 2.24) is 15.0 Å². The van der Waals surface area contributed by atoms with Crippen LogP contribution in [-0.2, 0) is 0 Å². The number of rotatable bonds is 3. The highest BCUT2D eigenvalue weighted by molar-refractivity contribution is 5.48. The Bertz CT molecular complexity index is 587. The van der Waals surface area contributed by atoms with Crippen molar-refractivity contribution in [1.29, 1.82) is 0 Å². The summed E-state index contributed by atoms with van der Waals surface area (Å²) in [5.41, 5.74) is 9.00. The molecule has 0 spiro atoms. The normalized spacial score (nSPS) is 14.8. The molecule has 2 N–H and O–H groups in total. The summed E-state index contributed by atoms with van der Waals surface area (Å²) in [5.74, 6) is 1.94. The van der Waals surface area contributed by atoms with Gasteiger partial charge in [0.1, 0.15) is 5.75 Å². The minimum absolute atomic E-state index is 0.516. The van der Waals surface area contributed by atoms with Gasteiger partial charge in [-0.05, 0) is 43.5 Å². The second-order valence-corrected chi connectivity index (χ2v) is 4.70. The van der Waals surface area contributed by atoms with Gasteiger partial charge >= 0.3 is 0 Å². The summed E-state index contributed by atoms with van der Waals surface area (Å²) in [6, 6.07) is 5.96. The number of benzene rings is 1. The maximum absolute atomic E-state index is 5.89. The van der Waals surface area contributed by atoms with Crippen LogP contribution in [0.15, 0.2) is 18.2 Å². The average molecular weight is 244 g/mol. The average Bonchev–Trinajstić information content (AvgIpc) is 3.12. The summed E-state index contributed by atoms with van der Waals surface area (Å²) >= 11 is 0. The number of methoxy groups -OCH3 is 1. The molecule has 94 valence electrons. The lowest BCUT2D eigenvalue weighted by Gasteiger charge is -2.09. The first-order valence-corrected chi connectivity index (χ1v) is 6.07. The lowest BCUT2D eigenvalue weighted by Crippen LogP contribution is -2.03. The van der Waals surface area contributed by atoms with Gasteiger partial charge in [0.25, 0.3) is 0 Å². The van der Waals surface area contributed by atoms with Gasteiger partial charge in [-0.3, -0.25) is 0 Å². The van der Waals surface area contributed by atoms with Crippen LogP contribution in [0.4, 0.5) is 5.82 Å². The molecule has 1 heterocycles. The van der Waals surface area contributed by atoms with Crippen LogP contribution in [0.2, 0.25) is 0 Å². The monoisotopic (exact) mass is 244 g/mol. The van der Waals surface area contributed by atoms with E-state index in [1.54, 1.807) is 7.11 Å². The van der Waals surface area contributed by atoms with Crippen LogP contribution in [-0.4, -0.2) is 22.1 Å². The predicted octanol–water partition coefficient (Wildman–Crippen LogP) is 2.04. The van der Waals surface area contributed by atoms with Crippen LogP contribution in [0.1, 0.15) is 30.0 Å². The zero-order valence-electron chi connectivity index (χ0n) is 10.6. The summed E-state index contributed by atoms with van der Waals surface area (Å²) in [6.07, 6.45) is 2.35. The van der Waals surface area contributed by atoms with Crippen molar-refractivity contribution < 1.29 is 4.74 Å². The number of nitrogens with two attached hydrogens (primary N) is 1. The molecule has 1 aromatic heterocycles. The predicted molar refractivity (Wildman–Crippen MR) is 69.0 cm³/mol. The van der Waals surface area contributed by atoms with Crippen LogP contribution in [0, 0.1) is 6.92 Å². The molecule has 0 saturated heterocycles. The number of nitrogens with zero attached hydrogens (tertiary/aromatic N) is 3. The van der Waals surface area contributed by atoms with Crippen LogP contribution in [0.25, 0.3) is 5.69 Å². The van der Waals surface area contributed by atoms with Crippen LogP contribution >= 0.6 is 0 Å². The number of hydrogen-bond acceptors (Lipinski definition) is 4. The van der Waals surface area contributed by atoms with Crippen molar-refractivity contribution in [3.05, 3.63) is 29.5 Å². The number of anilines is 1.